The molecular weight excluding hydrogens is 564 g/mol. The van der Waals surface area contributed by atoms with Crippen molar-refractivity contribution in [3.63, 3.8) is 0 Å². The molecule has 0 radical (unpaired) electrons. The van der Waals surface area contributed by atoms with Crippen LogP contribution in [-0.2, 0) is 28.8 Å². The second-order valence-electron chi connectivity index (χ2n) is 9.65. The Morgan fingerprint density at radius 2 is 1.64 bits per heavy atom. The molecule has 2 aromatic carbocycles. The number of aryl methyl sites for hydroxylation is 1. The van der Waals surface area contributed by atoms with Gasteiger partial charge in [0.1, 0.15) is 23.0 Å². The van der Waals surface area contributed by atoms with Gasteiger partial charge in [-0.3, -0.25) is 9.59 Å². The van der Waals surface area contributed by atoms with Crippen LogP contribution in [0.1, 0.15) is 79.4 Å². The van der Waals surface area contributed by atoms with Crippen LogP contribution in [0.3, 0.4) is 0 Å². The van der Waals surface area contributed by atoms with Crippen molar-refractivity contribution in [3.05, 3.63) is 46.5 Å². The van der Waals surface area contributed by atoms with E-state index in [0.717, 1.165) is 66.9 Å². The van der Waals surface area contributed by atoms with Gasteiger partial charge in [0, 0.05) is 24.0 Å². The molecule has 0 bridgehead atoms. The second kappa shape index (κ2) is 15.8. The van der Waals surface area contributed by atoms with E-state index >= 15 is 0 Å². The predicted octanol–water partition coefficient (Wildman–Crippen LogP) is 6.67. The highest BCUT2D eigenvalue weighted by Crippen LogP contribution is 2.39. The second-order valence-corrected chi connectivity index (χ2v) is 10.2. The Morgan fingerprint density at radius 3 is 2.28 bits per heavy atom. The summed E-state index contributed by atoms with van der Waals surface area (Å²) in [5.41, 5.74) is 3.79. The van der Waals surface area contributed by atoms with E-state index < -0.39 is 0 Å². The summed E-state index contributed by atoms with van der Waals surface area (Å²) in [6.07, 6.45) is 7.02. The Morgan fingerprint density at radius 1 is 0.974 bits per heavy atom. The first kappa shape index (κ1) is 30.8. The lowest BCUT2D eigenvalue weighted by Crippen LogP contribution is -2.25. The van der Waals surface area contributed by atoms with Gasteiger partial charge in [0.25, 0.3) is 0 Å². The van der Waals surface area contributed by atoms with Crippen LogP contribution >= 0.6 is 15.9 Å². The molecule has 0 saturated carbocycles. The van der Waals surface area contributed by atoms with E-state index in [1.165, 1.54) is 12.7 Å². The number of carbonyl (C=O) groups excluding carboxylic acids is 2. The maximum absolute atomic E-state index is 12.3. The summed E-state index contributed by atoms with van der Waals surface area (Å²) in [6.45, 7) is 5.22. The van der Waals surface area contributed by atoms with Gasteiger partial charge in [-0.25, -0.2) is 0 Å². The van der Waals surface area contributed by atoms with Crippen molar-refractivity contribution in [1.29, 1.82) is 0 Å². The highest BCUT2D eigenvalue weighted by molar-refractivity contribution is 9.09. The Balaban J connectivity index is 1.63. The largest absolute Gasteiger partial charge is 0.496 e. The molecular formula is C31H41BrO7. The molecule has 1 heterocycles. The van der Waals surface area contributed by atoms with Gasteiger partial charge >= 0.3 is 5.97 Å². The van der Waals surface area contributed by atoms with Crippen LogP contribution in [0.4, 0.5) is 0 Å². The molecule has 39 heavy (non-hydrogen) atoms. The molecule has 3 rings (SSSR count). The Labute approximate surface area is 240 Å². The lowest BCUT2D eigenvalue weighted by atomic mass is 9.95. The molecule has 1 aliphatic rings. The third-order valence-corrected chi connectivity index (χ3v) is 7.37. The molecule has 0 saturated heterocycles. The first-order chi connectivity index (χ1) is 19.0. The highest BCUT2D eigenvalue weighted by atomic mass is 79.9. The average Bonchev–Trinajstić information content (AvgIpc) is 2.96. The van der Waals surface area contributed by atoms with Crippen LogP contribution in [0.25, 0.3) is 0 Å². The van der Waals surface area contributed by atoms with E-state index in [2.05, 4.69) is 35.8 Å². The standard InChI is InChI=1S/C31H41BrO7/c1-5-8-24-27(15-11-21-10-12-22(39-30(21)24)13-17-29(34)35-3)37-18-7-19-38-28-16-14-23(26(33)20-32)31(36-4)25(28)9-6-2/h11,14-16,22H,5-10,12-13,17-20H2,1-4H3. The number of benzene rings is 2. The molecule has 1 aliphatic heterocycles. The first-order valence-corrected chi connectivity index (χ1v) is 15.0. The summed E-state index contributed by atoms with van der Waals surface area (Å²) >= 11 is 3.25. The van der Waals surface area contributed by atoms with Crippen molar-refractivity contribution in [2.75, 3.05) is 32.8 Å². The molecule has 1 atom stereocenters. The van der Waals surface area contributed by atoms with E-state index in [1.54, 1.807) is 13.2 Å². The summed E-state index contributed by atoms with van der Waals surface area (Å²) in [6, 6.07) is 7.78. The predicted molar refractivity (Wildman–Crippen MR) is 155 cm³/mol. The zero-order chi connectivity index (χ0) is 28.2. The Bertz CT molecular complexity index is 1110. The molecule has 214 valence electrons. The fourth-order valence-corrected chi connectivity index (χ4v) is 5.23. The molecule has 0 fully saturated rings. The monoisotopic (exact) mass is 604 g/mol. The van der Waals surface area contributed by atoms with Crippen molar-refractivity contribution in [2.45, 2.75) is 77.7 Å². The number of fused-ring (bicyclic) bond motifs is 1. The van der Waals surface area contributed by atoms with Gasteiger partial charge in [-0.2, -0.15) is 0 Å². The minimum atomic E-state index is -0.207. The zero-order valence-corrected chi connectivity index (χ0v) is 25.2. The van der Waals surface area contributed by atoms with Crippen molar-refractivity contribution < 1.29 is 33.3 Å². The van der Waals surface area contributed by atoms with Crippen molar-refractivity contribution in [1.82, 2.24) is 0 Å². The molecule has 7 nitrogen and oxygen atoms in total. The minimum absolute atomic E-state index is 0.00127. The fraction of sp³-hybridized carbons (Fsp3) is 0.548. The van der Waals surface area contributed by atoms with Crippen LogP contribution in [0.2, 0.25) is 0 Å². The normalized spacial score (nSPS) is 14.2. The zero-order valence-electron chi connectivity index (χ0n) is 23.6. The summed E-state index contributed by atoms with van der Waals surface area (Å²) in [7, 11) is 3.01. The van der Waals surface area contributed by atoms with Crippen molar-refractivity contribution in [2.24, 2.45) is 0 Å². The lowest BCUT2D eigenvalue weighted by Gasteiger charge is -2.29. The molecule has 2 aromatic rings. The summed E-state index contributed by atoms with van der Waals surface area (Å²) in [5.74, 6) is 2.87. The molecule has 1 unspecified atom stereocenters. The van der Waals surface area contributed by atoms with E-state index in [1.807, 2.05) is 12.1 Å². The lowest BCUT2D eigenvalue weighted by molar-refractivity contribution is -0.141. The van der Waals surface area contributed by atoms with Gasteiger partial charge in [0.2, 0.25) is 0 Å². The van der Waals surface area contributed by atoms with Crippen molar-refractivity contribution in [3.8, 4) is 23.0 Å². The van der Waals surface area contributed by atoms with E-state index in [-0.39, 0.29) is 23.2 Å². The highest BCUT2D eigenvalue weighted by Gasteiger charge is 2.25. The van der Waals surface area contributed by atoms with Gasteiger partial charge in [0.15, 0.2) is 5.78 Å². The number of ether oxygens (including phenoxy) is 5. The number of methoxy groups -OCH3 is 2. The maximum Gasteiger partial charge on any atom is 0.305 e. The number of alkyl halides is 1. The van der Waals surface area contributed by atoms with Crippen LogP contribution in [0.5, 0.6) is 23.0 Å². The minimum Gasteiger partial charge on any atom is -0.496 e. The maximum atomic E-state index is 12.3. The van der Waals surface area contributed by atoms with Crippen molar-refractivity contribution >= 4 is 27.7 Å². The molecule has 0 aromatic heterocycles. The first-order valence-electron chi connectivity index (χ1n) is 13.9. The molecule has 0 amide bonds. The molecule has 0 spiro atoms. The number of rotatable bonds is 16. The summed E-state index contributed by atoms with van der Waals surface area (Å²) < 4.78 is 29.1. The van der Waals surface area contributed by atoms with Gasteiger partial charge in [-0.15, -0.1) is 0 Å². The number of hydrogen-bond donors (Lipinski definition) is 0. The SMILES string of the molecule is CCCc1c(OCCCOc2ccc(C(=O)CBr)c(OC)c2CCC)ccc2c1OC(CCC(=O)OC)CC2. The Kier molecular flexibility index (Phi) is 12.4. The number of hydrogen-bond acceptors (Lipinski definition) is 7. The van der Waals surface area contributed by atoms with E-state index in [0.29, 0.717) is 43.8 Å². The van der Waals surface area contributed by atoms with Crippen LogP contribution in [-0.4, -0.2) is 50.6 Å². The van der Waals surface area contributed by atoms with Gasteiger partial charge in [0.05, 0.1) is 44.4 Å². The molecule has 0 aliphatic carbocycles. The van der Waals surface area contributed by atoms with Gasteiger partial charge in [-0.1, -0.05) is 48.7 Å². The van der Waals surface area contributed by atoms with Gasteiger partial charge in [-0.05, 0) is 55.9 Å². The summed E-state index contributed by atoms with van der Waals surface area (Å²) in [4.78, 5) is 23.9. The third kappa shape index (κ3) is 8.13. The Hall–Kier alpha value is -2.74. The van der Waals surface area contributed by atoms with Crippen LogP contribution in [0.15, 0.2) is 24.3 Å². The van der Waals surface area contributed by atoms with Crippen LogP contribution < -0.4 is 18.9 Å². The molecule has 8 heteroatoms. The number of halogens is 1. The number of Topliss-reactive ketones (excluding diaryl/α,β-unsaturated/α-hetero) is 1. The molecule has 0 N–H and O–H groups in total. The topological polar surface area (TPSA) is 80.3 Å². The van der Waals surface area contributed by atoms with E-state index in [9.17, 15) is 9.59 Å². The smallest absolute Gasteiger partial charge is 0.305 e. The number of carbonyl (C=O) groups is 2. The third-order valence-electron chi connectivity index (χ3n) is 6.86. The van der Waals surface area contributed by atoms with Gasteiger partial charge < -0.3 is 23.7 Å². The van der Waals surface area contributed by atoms with Crippen LogP contribution in [0, 0.1) is 0 Å². The average molecular weight is 606 g/mol. The fourth-order valence-electron chi connectivity index (χ4n) is 4.93. The van der Waals surface area contributed by atoms with E-state index in [4.69, 9.17) is 23.7 Å². The quantitative estimate of drug-likeness (QED) is 0.0915. The number of ketones is 1. The number of esters is 1. The summed E-state index contributed by atoms with van der Waals surface area (Å²) in [5, 5.41) is 0.244.